The van der Waals surface area contributed by atoms with E-state index in [1.54, 1.807) is 12.4 Å². The van der Waals surface area contributed by atoms with E-state index in [1.807, 2.05) is 18.2 Å². The van der Waals surface area contributed by atoms with E-state index in [0.717, 1.165) is 62.1 Å². The molecular weight excluding hydrogens is 306 g/mol. The number of carboxylic acid groups (broad SMARTS) is 1. The summed E-state index contributed by atoms with van der Waals surface area (Å²) in [5.41, 5.74) is 1.22. The van der Waals surface area contributed by atoms with Crippen LogP contribution in [0.3, 0.4) is 0 Å². The zero-order valence-corrected chi connectivity index (χ0v) is 13.7. The highest BCUT2D eigenvalue weighted by molar-refractivity contribution is 5.74. The largest absolute Gasteiger partial charge is 0.492 e. The lowest BCUT2D eigenvalue weighted by molar-refractivity contribution is -0.149. The van der Waals surface area contributed by atoms with Crippen LogP contribution >= 0.6 is 0 Å². The van der Waals surface area contributed by atoms with Crippen LogP contribution in [0.1, 0.15) is 44.9 Å². The number of rotatable bonds is 8. The summed E-state index contributed by atoms with van der Waals surface area (Å²) in [4.78, 5) is 15.8. The molecule has 1 aliphatic rings. The van der Waals surface area contributed by atoms with Gasteiger partial charge < -0.3 is 9.84 Å². The lowest BCUT2D eigenvalue weighted by Gasteiger charge is -2.23. The molecule has 1 aliphatic carbocycles. The molecule has 0 bridgehead atoms. The Labute approximate surface area is 141 Å². The quantitative estimate of drug-likeness (QED) is 0.721. The standard InChI is InChI=1S/C18H23N3O3/c22-17(23)18(8-1-2-9-18)10-3-4-12-24-14-5-6-15(19-13-14)16-7-11-20-21-16/h5-7,11,13H,1-4,8-10,12H2,(H,20,21)(H,22,23). The smallest absolute Gasteiger partial charge is 0.309 e. The van der Waals surface area contributed by atoms with Gasteiger partial charge in [-0.2, -0.15) is 5.10 Å². The van der Waals surface area contributed by atoms with Crippen LogP contribution in [-0.4, -0.2) is 32.9 Å². The van der Waals surface area contributed by atoms with E-state index < -0.39 is 11.4 Å². The van der Waals surface area contributed by atoms with Crippen LogP contribution in [0.5, 0.6) is 5.75 Å². The van der Waals surface area contributed by atoms with Crippen molar-refractivity contribution in [3.63, 3.8) is 0 Å². The van der Waals surface area contributed by atoms with Gasteiger partial charge in [0.25, 0.3) is 0 Å². The fourth-order valence-electron chi connectivity index (χ4n) is 3.40. The maximum atomic E-state index is 11.5. The summed E-state index contributed by atoms with van der Waals surface area (Å²) in [5.74, 6) is 0.103. The third-order valence-electron chi connectivity index (χ3n) is 4.85. The van der Waals surface area contributed by atoms with Gasteiger partial charge in [0.2, 0.25) is 0 Å². The number of hydrogen-bond acceptors (Lipinski definition) is 4. The van der Waals surface area contributed by atoms with Crippen molar-refractivity contribution in [1.82, 2.24) is 15.2 Å². The summed E-state index contributed by atoms with van der Waals surface area (Å²) in [6, 6.07) is 5.64. The minimum Gasteiger partial charge on any atom is -0.492 e. The number of unbranched alkanes of at least 4 members (excludes halogenated alkanes) is 1. The molecular formula is C18H23N3O3. The van der Waals surface area contributed by atoms with E-state index in [4.69, 9.17) is 4.74 Å². The van der Waals surface area contributed by atoms with E-state index in [-0.39, 0.29) is 0 Å². The molecule has 2 N–H and O–H groups in total. The van der Waals surface area contributed by atoms with Gasteiger partial charge in [-0.05, 0) is 50.3 Å². The van der Waals surface area contributed by atoms with Gasteiger partial charge in [-0.1, -0.05) is 12.8 Å². The highest BCUT2D eigenvalue weighted by atomic mass is 16.5. The Morgan fingerprint density at radius 1 is 1.25 bits per heavy atom. The SMILES string of the molecule is O=C(O)C1(CCCCOc2ccc(-c3ccn[nH]3)nc2)CCCC1. The molecule has 0 aliphatic heterocycles. The third kappa shape index (κ3) is 3.75. The first-order valence-corrected chi connectivity index (χ1v) is 8.52. The van der Waals surface area contributed by atoms with Gasteiger partial charge in [0.05, 0.1) is 29.6 Å². The highest BCUT2D eigenvalue weighted by Gasteiger charge is 2.40. The number of H-pyrrole nitrogens is 1. The molecule has 0 atom stereocenters. The first-order valence-electron chi connectivity index (χ1n) is 8.52. The van der Waals surface area contributed by atoms with Crippen molar-refractivity contribution < 1.29 is 14.6 Å². The fourth-order valence-corrected chi connectivity index (χ4v) is 3.40. The molecule has 6 heteroatoms. The van der Waals surface area contributed by atoms with Crippen molar-refractivity contribution in [2.24, 2.45) is 5.41 Å². The second-order valence-electron chi connectivity index (χ2n) is 6.45. The Kier molecular flexibility index (Phi) is 5.13. The number of aromatic amines is 1. The predicted octanol–water partition coefficient (Wildman–Crippen LogP) is 3.67. The van der Waals surface area contributed by atoms with Crippen LogP contribution in [0.2, 0.25) is 0 Å². The van der Waals surface area contributed by atoms with Gasteiger partial charge >= 0.3 is 5.97 Å². The van der Waals surface area contributed by atoms with Gasteiger partial charge in [-0.15, -0.1) is 0 Å². The summed E-state index contributed by atoms with van der Waals surface area (Å²) in [5, 5.41) is 16.2. The number of nitrogens with zero attached hydrogens (tertiary/aromatic N) is 2. The highest BCUT2D eigenvalue weighted by Crippen LogP contribution is 2.42. The van der Waals surface area contributed by atoms with Crippen molar-refractivity contribution in [3.8, 4) is 17.1 Å². The minimum absolute atomic E-state index is 0.479. The molecule has 0 unspecified atom stereocenters. The Morgan fingerprint density at radius 2 is 2.08 bits per heavy atom. The monoisotopic (exact) mass is 329 g/mol. The van der Waals surface area contributed by atoms with Gasteiger partial charge in [-0.25, -0.2) is 0 Å². The molecule has 3 rings (SSSR count). The van der Waals surface area contributed by atoms with Gasteiger partial charge in [0.15, 0.2) is 0 Å². The molecule has 24 heavy (non-hydrogen) atoms. The van der Waals surface area contributed by atoms with Gasteiger partial charge in [0, 0.05) is 6.20 Å². The fraction of sp³-hybridized carbons (Fsp3) is 0.500. The number of carboxylic acids is 1. The van der Waals surface area contributed by atoms with Crippen molar-refractivity contribution in [2.45, 2.75) is 44.9 Å². The Balaban J connectivity index is 1.41. The minimum atomic E-state index is -0.625. The normalized spacial score (nSPS) is 16.2. The van der Waals surface area contributed by atoms with E-state index in [0.29, 0.717) is 6.61 Å². The first-order chi connectivity index (χ1) is 11.7. The van der Waals surface area contributed by atoms with Crippen molar-refractivity contribution in [1.29, 1.82) is 0 Å². The molecule has 0 radical (unpaired) electrons. The summed E-state index contributed by atoms with van der Waals surface area (Å²) < 4.78 is 5.70. The number of pyridine rings is 1. The number of aliphatic carboxylic acids is 1. The van der Waals surface area contributed by atoms with E-state index in [2.05, 4.69) is 15.2 Å². The topological polar surface area (TPSA) is 88.1 Å². The Bertz CT molecular complexity index is 647. The molecule has 0 saturated heterocycles. The second-order valence-corrected chi connectivity index (χ2v) is 6.45. The summed E-state index contributed by atoms with van der Waals surface area (Å²) in [6.07, 6.45) is 9.60. The van der Waals surface area contributed by atoms with Gasteiger partial charge in [0.1, 0.15) is 5.75 Å². The van der Waals surface area contributed by atoms with Crippen LogP contribution in [0, 0.1) is 5.41 Å². The van der Waals surface area contributed by atoms with Crippen LogP contribution in [-0.2, 0) is 4.79 Å². The Hall–Kier alpha value is -2.37. The van der Waals surface area contributed by atoms with Crippen LogP contribution in [0.15, 0.2) is 30.6 Å². The van der Waals surface area contributed by atoms with Crippen LogP contribution < -0.4 is 4.74 Å². The summed E-state index contributed by atoms with van der Waals surface area (Å²) in [6.45, 7) is 0.584. The van der Waals surface area contributed by atoms with E-state index >= 15 is 0 Å². The molecule has 0 amide bonds. The maximum Gasteiger partial charge on any atom is 0.309 e. The number of nitrogens with one attached hydrogen (secondary N) is 1. The lowest BCUT2D eigenvalue weighted by Crippen LogP contribution is -2.27. The molecule has 1 saturated carbocycles. The van der Waals surface area contributed by atoms with E-state index in [1.165, 1.54) is 0 Å². The molecule has 2 aromatic rings. The average Bonchev–Trinajstić information content (AvgIpc) is 3.28. The summed E-state index contributed by atoms with van der Waals surface area (Å²) >= 11 is 0. The predicted molar refractivity (Wildman–Crippen MR) is 89.7 cm³/mol. The molecule has 0 aromatic carbocycles. The van der Waals surface area contributed by atoms with Gasteiger partial charge in [-0.3, -0.25) is 14.9 Å². The average molecular weight is 329 g/mol. The zero-order chi connectivity index (χ0) is 16.8. The van der Waals surface area contributed by atoms with E-state index in [9.17, 15) is 9.90 Å². The lowest BCUT2D eigenvalue weighted by atomic mass is 9.81. The molecule has 0 spiro atoms. The number of ether oxygens (including phenoxy) is 1. The Morgan fingerprint density at radius 3 is 2.71 bits per heavy atom. The molecule has 6 nitrogen and oxygen atoms in total. The number of aromatic nitrogens is 3. The van der Waals surface area contributed by atoms with Crippen molar-refractivity contribution in [2.75, 3.05) is 6.61 Å². The third-order valence-corrected chi connectivity index (χ3v) is 4.85. The molecule has 1 fully saturated rings. The van der Waals surface area contributed by atoms with Crippen molar-refractivity contribution in [3.05, 3.63) is 30.6 Å². The number of hydrogen-bond donors (Lipinski definition) is 2. The van der Waals surface area contributed by atoms with Crippen LogP contribution in [0.4, 0.5) is 0 Å². The zero-order valence-electron chi connectivity index (χ0n) is 13.7. The van der Waals surface area contributed by atoms with Crippen molar-refractivity contribution >= 4 is 5.97 Å². The molecule has 128 valence electrons. The molecule has 2 aromatic heterocycles. The first kappa shape index (κ1) is 16.5. The summed E-state index contributed by atoms with van der Waals surface area (Å²) in [7, 11) is 0. The maximum absolute atomic E-state index is 11.5. The molecule has 2 heterocycles. The second kappa shape index (κ2) is 7.47. The number of carbonyl (C=O) groups is 1. The van der Waals surface area contributed by atoms with Crippen LogP contribution in [0.25, 0.3) is 11.4 Å².